The van der Waals surface area contributed by atoms with Crippen LogP contribution in [0.4, 0.5) is 0 Å². The number of carboxylic acid groups (broad SMARTS) is 4. The van der Waals surface area contributed by atoms with E-state index in [1.165, 1.54) is 52.1 Å². The average molecular weight is 607 g/mol. The zero-order valence-electron chi connectivity index (χ0n) is 25.4. The molecule has 0 aromatic carbocycles. The highest BCUT2D eigenvalue weighted by Crippen LogP contribution is 2.37. The van der Waals surface area contributed by atoms with Crippen molar-refractivity contribution in [3.8, 4) is 0 Å². The highest BCUT2D eigenvalue weighted by molar-refractivity contribution is 7.97. The molecule has 0 spiro atoms. The zero-order chi connectivity index (χ0) is 31.3. The van der Waals surface area contributed by atoms with Gasteiger partial charge in [0.2, 0.25) is 0 Å². The minimum Gasteiger partial charge on any atom is -0.481 e. The molecule has 0 unspecified atom stereocenters. The van der Waals surface area contributed by atoms with Crippen LogP contribution in [0.25, 0.3) is 0 Å². The minimum absolute atomic E-state index is 0.0771. The maximum absolute atomic E-state index is 11.9. The average Bonchev–Trinajstić information content (AvgIpc) is 2.88. The zero-order valence-corrected chi connectivity index (χ0v) is 26.3. The van der Waals surface area contributed by atoms with Crippen LogP contribution in [0.1, 0.15) is 117 Å². The molecule has 0 fully saturated rings. The maximum Gasteiger partial charge on any atom is 0.303 e. The van der Waals surface area contributed by atoms with Gasteiger partial charge in [-0.2, -0.15) is 0 Å². The third-order valence-electron chi connectivity index (χ3n) is 7.32. The lowest BCUT2D eigenvalue weighted by molar-refractivity contribution is -0.240. The molecule has 0 saturated heterocycles. The van der Waals surface area contributed by atoms with Gasteiger partial charge in [0.1, 0.15) is 0 Å². The largest absolute Gasteiger partial charge is 0.481 e. The van der Waals surface area contributed by atoms with Gasteiger partial charge in [-0.05, 0) is 50.2 Å². The molecule has 0 radical (unpaired) electrons. The highest BCUT2D eigenvalue weighted by Gasteiger charge is 2.40. The van der Waals surface area contributed by atoms with Gasteiger partial charge < -0.3 is 29.9 Å². The van der Waals surface area contributed by atoms with Crippen molar-refractivity contribution in [2.75, 3.05) is 12.9 Å². The topological polar surface area (TPSA) is 168 Å². The Kier molecular flexibility index (Phi) is 21.5. The molecule has 4 atom stereocenters. The first-order valence-corrected chi connectivity index (χ1v) is 16.1. The van der Waals surface area contributed by atoms with Crippen molar-refractivity contribution in [2.24, 2.45) is 17.8 Å². The molecule has 0 amide bonds. The molecule has 11 heteroatoms. The van der Waals surface area contributed by atoms with E-state index < -0.39 is 66.4 Å². The molecule has 0 aliphatic heterocycles. The second-order valence-corrected chi connectivity index (χ2v) is 12.3. The Labute approximate surface area is 249 Å². The van der Waals surface area contributed by atoms with Gasteiger partial charge in [0.25, 0.3) is 0 Å². The Morgan fingerprint density at radius 1 is 0.732 bits per heavy atom. The lowest BCUT2D eigenvalue weighted by atomic mass is 9.73. The van der Waals surface area contributed by atoms with Gasteiger partial charge >= 0.3 is 23.9 Å². The predicted molar refractivity (Wildman–Crippen MR) is 162 cm³/mol. The van der Waals surface area contributed by atoms with Gasteiger partial charge in [0.15, 0.2) is 5.79 Å². The molecule has 0 aromatic rings. The maximum atomic E-state index is 11.9. The number of carboxylic acids is 4. The van der Waals surface area contributed by atoms with Gasteiger partial charge in [-0.25, -0.2) is 11.4 Å². The number of carbonyl (C=O) groups is 4. The fourth-order valence-corrected chi connectivity index (χ4v) is 6.19. The Hall–Kier alpha value is -1.98. The minimum atomic E-state index is -1.21. The third-order valence-corrected chi connectivity index (χ3v) is 8.48. The number of aliphatic carboxylic acids is 4. The molecule has 0 saturated carbocycles. The van der Waals surface area contributed by atoms with E-state index in [0.29, 0.717) is 0 Å². The molecule has 0 aliphatic carbocycles. The van der Waals surface area contributed by atoms with Crippen LogP contribution in [0.5, 0.6) is 0 Å². The summed E-state index contributed by atoms with van der Waals surface area (Å²) in [5.74, 6) is -7.62. The molecule has 0 aliphatic rings. The van der Waals surface area contributed by atoms with Gasteiger partial charge in [0, 0.05) is 20.0 Å². The van der Waals surface area contributed by atoms with Gasteiger partial charge in [-0.3, -0.25) is 19.2 Å². The van der Waals surface area contributed by atoms with Crippen LogP contribution < -0.4 is 0 Å². The molecule has 240 valence electrons. The first-order valence-electron chi connectivity index (χ1n) is 14.9. The summed E-state index contributed by atoms with van der Waals surface area (Å²) < 4.78 is 11.4. The number of hydrogen-bond donors (Lipinski definition) is 5. The van der Waals surface area contributed by atoms with Crippen LogP contribution in [0.3, 0.4) is 0 Å². The first-order chi connectivity index (χ1) is 19.3. The summed E-state index contributed by atoms with van der Waals surface area (Å²) in [5, 5.41) is 40.2. The summed E-state index contributed by atoms with van der Waals surface area (Å²) in [5.41, 5.74) is 0. The van der Waals surface area contributed by atoms with Gasteiger partial charge in [-0.1, -0.05) is 70.1 Å². The van der Waals surface area contributed by atoms with Crippen LogP contribution in [0, 0.1) is 17.8 Å². The molecule has 0 bridgehead atoms. The van der Waals surface area contributed by atoms with Gasteiger partial charge in [0.05, 0.1) is 18.9 Å². The SMILES string of the molecule is CCCCCCCCCCCC[SH]=C[C@H](CC(=O)O)[C@@H](CC(=O)O)[C@@H](CC(=O)O)[C@@H](CCC(=O)O)OC(C)(C)OC. The molecule has 10 nitrogen and oxygen atoms in total. The number of rotatable bonds is 27. The van der Waals surface area contributed by atoms with Crippen LogP contribution in [-0.2, 0) is 28.7 Å². The molecule has 0 aromatic heterocycles. The molecular formula is C30H54O10S. The number of methoxy groups -OCH3 is 1. The van der Waals surface area contributed by atoms with Crippen molar-refractivity contribution >= 4 is 40.6 Å². The monoisotopic (exact) mass is 606 g/mol. The van der Waals surface area contributed by atoms with Crippen molar-refractivity contribution in [1.82, 2.24) is 0 Å². The van der Waals surface area contributed by atoms with E-state index in [1.54, 1.807) is 19.2 Å². The van der Waals surface area contributed by atoms with Gasteiger partial charge in [-0.15, -0.1) is 0 Å². The highest BCUT2D eigenvalue weighted by atomic mass is 32.1. The summed E-state index contributed by atoms with van der Waals surface area (Å²) in [6.45, 7) is 5.39. The van der Waals surface area contributed by atoms with Crippen molar-refractivity contribution in [1.29, 1.82) is 0 Å². The Balaban J connectivity index is 5.70. The van der Waals surface area contributed by atoms with E-state index in [2.05, 4.69) is 6.92 Å². The molecule has 4 N–H and O–H groups in total. The first kappa shape index (κ1) is 39.0. The number of unbranched alkanes of at least 4 members (excludes halogenated alkanes) is 9. The quantitative estimate of drug-likeness (QED) is 0.0320. The predicted octanol–water partition coefficient (Wildman–Crippen LogP) is 6.08. The van der Waals surface area contributed by atoms with Crippen molar-refractivity contribution in [2.45, 2.75) is 129 Å². The smallest absolute Gasteiger partial charge is 0.303 e. The number of ether oxygens (including phenoxy) is 2. The summed E-state index contributed by atoms with van der Waals surface area (Å²) in [6, 6.07) is 0. The lowest BCUT2D eigenvalue weighted by Gasteiger charge is -2.39. The standard InChI is InChI=1S/C30H54O10S/c1-5-6-7-8-9-10-11-12-13-14-17-41-21-22(18-27(33)34)23(19-28(35)36)24(20-29(37)38)25(15-16-26(31)32)40-30(2,3)39-4/h21-25,41H,5-20H2,1-4H3,(H,31,32)(H,33,34)(H,35,36)(H,37,38)/t22-,23+,24+,25+/m0/s1. The normalized spacial score (nSPS) is 15.1. The van der Waals surface area contributed by atoms with Crippen molar-refractivity contribution in [3.63, 3.8) is 0 Å². The summed E-state index contributed by atoms with van der Waals surface area (Å²) in [7, 11) is 1.39. The molecule has 41 heavy (non-hydrogen) atoms. The Bertz CT molecular complexity index is 798. The molecule has 0 rings (SSSR count). The Morgan fingerprint density at radius 3 is 1.68 bits per heavy atom. The van der Waals surface area contributed by atoms with E-state index in [1.807, 2.05) is 0 Å². The fraction of sp³-hybridized carbons (Fsp3) is 0.833. The lowest BCUT2D eigenvalue weighted by Crippen LogP contribution is -2.43. The van der Waals surface area contributed by atoms with E-state index >= 15 is 0 Å². The van der Waals surface area contributed by atoms with Crippen LogP contribution in [0.2, 0.25) is 0 Å². The van der Waals surface area contributed by atoms with Crippen molar-refractivity contribution < 1.29 is 49.1 Å². The van der Waals surface area contributed by atoms with E-state index in [-0.39, 0.29) is 19.3 Å². The van der Waals surface area contributed by atoms with E-state index in [9.17, 15) is 39.6 Å². The second kappa shape index (κ2) is 22.6. The molecular weight excluding hydrogens is 552 g/mol. The Morgan fingerprint density at radius 2 is 1.22 bits per heavy atom. The van der Waals surface area contributed by atoms with E-state index in [0.717, 1.165) is 36.4 Å². The van der Waals surface area contributed by atoms with Crippen LogP contribution in [-0.4, -0.2) is 74.4 Å². The fourth-order valence-electron chi connectivity index (χ4n) is 5.04. The summed E-state index contributed by atoms with van der Waals surface area (Å²) in [4.78, 5) is 47.0. The van der Waals surface area contributed by atoms with Crippen molar-refractivity contribution in [3.05, 3.63) is 0 Å². The number of hydrogen-bond acceptors (Lipinski definition) is 6. The second-order valence-electron chi connectivity index (χ2n) is 11.2. The third kappa shape index (κ3) is 20.5. The van der Waals surface area contributed by atoms with E-state index in [4.69, 9.17) is 9.47 Å². The van der Waals surface area contributed by atoms with Crippen LogP contribution >= 0.6 is 11.4 Å². The summed E-state index contributed by atoms with van der Waals surface area (Å²) >= 11 is 0.863. The van der Waals surface area contributed by atoms with Crippen LogP contribution in [0.15, 0.2) is 0 Å². The molecule has 0 heterocycles. The summed E-state index contributed by atoms with van der Waals surface area (Å²) in [6.07, 6.45) is 9.28. The number of thiol groups is 1.